The quantitative estimate of drug-likeness (QED) is 0.686. The number of benzene rings is 1. The van der Waals surface area contributed by atoms with Crippen LogP contribution < -0.4 is 22.0 Å². The number of rotatable bonds is 6. The molecule has 3 rings (SSSR count). The highest BCUT2D eigenvalue weighted by Gasteiger charge is 2.22. The highest BCUT2D eigenvalue weighted by molar-refractivity contribution is 5.27. The first-order valence-corrected chi connectivity index (χ1v) is 8.63. The van der Waals surface area contributed by atoms with Crippen molar-refractivity contribution >= 4 is 0 Å². The molecular formula is C19H23N4O3+. The summed E-state index contributed by atoms with van der Waals surface area (Å²) in [5.41, 5.74) is 0.727. The molecule has 2 heterocycles. The zero-order chi connectivity index (χ0) is 18.7. The number of aromatic nitrogens is 3. The Kier molecular flexibility index (Phi) is 5.18. The Balaban J connectivity index is 2.01. The summed E-state index contributed by atoms with van der Waals surface area (Å²) in [4.78, 5) is 38.9. The van der Waals surface area contributed by atoms with Crippen LogP contribution in [0.4, 0.5) is 0 Å². The predicted octanol–water partition coefficient (Wildman–Crippen LogP) is -0.858. The summed E-state index contributed by atoms with van der Waals surface area (Å²) in [7, 11) is 0. The van der Waals surface area contributed by atoms with Crippen LogP contribution in [0.3, 0.4) is 0 Å². The smallest absolute Gasteiger partial charge is 0.313 e. The number of quaternary nitrogens is 1. The van der Waals surface area contributed by atoms with Gasteiger partial charge in [-0.05, 0) is 5.56 Å². The monoisotopic (exact) mass is 355 g/mol. The molecule has 0 fully saturated rings. The summed E-state index contributed by atoms with van der Waals surface area (Å²) < 4.78 is 3.22. The van der Waals surface area contributed by atoms with E-state index in [2.05, 4.69) is 25.3 Å². The number of nitrogens with zero attached hydrogens (tertiary/aromatic N) is 3. The van der Waals surface area contributed by atoms with E-state index in [1.807, 2.05) is 12.1 Å². The molecule has 0 saturated carbocycles. The van der Waals surface area contributed by atoms with E-state index in [-0.39, 0.29) is 19.8 Å². The van der Waals surface area contributed by atoms with E-state index < -0.39 is 17.1 Å². The first-order chi connectivity index (χ1) is 12.6. The molecule has 7 heteroatoms. The zero-order valence-corrected chi connectivity index (χ0v) is 14.7. The van der Waals surface area contributed by atoms with Crippen LogP contribution in [0.25, 0.3) is 0 Å². The second-order valence-corrected chi connectivity index (χ2v) is 6.43. The number of hydrogen-bond donors (Lipinski definition) is 1. The molecule has 1 aromatic heterocycles. The van der Waals surface area contributed by atoms with Crippen LogP contribution in [0.1, 0.15) is 11.1 Å². The average molecular weight is 355 g/mol. The summed E-state index contributed by atoms with van der Waals surface area (Å²) in [5, 5.41) is 0. The lowest BCUT2D eigenvalue weighted by molar-refractivity contribution is -0.938. The van der Waals surface area contributed by atoms with Crippen molar-refractivity contribution in [3.8, 4) is 0 Å². The van der Waals surface area contributed by atoms with Crippen LogP contribution in [-0.4, -0.2) is 20.2 Å². The van der Waals surface area contributed by atoms with E-state index >= 15 is 0 Å². The van der Waals surface area contributed by atoms with E-state index in [0.29, 0.717) is 0 Å². The molecule has 1 N–H and O–H groups in total. The van der Waals surface area contributed by atoms with Crippen molar-refractivity contribution in [2.75, 3.05) is 6.54 Å². The molecule has 0 bridgehead atoms. The molecule has 0 spiro atoms. The van der Waals surface area contributed by atoms with E-state index in [0.717, 1.165) is 38.1 Å². The van der Waals surface area contributed by atoms with Crippen molar-refractivity contribution in [2.24, 2.45) is 0 Å². The maximum atomic E-state index is 12.7. The molecule has 2 aromatic rings. The lowest BCUT2D eigenvalue weighted by Crippen LogP contribution is -3.11. The minimum atomic E-state index is -0.630. The van der Waals surface area contributed by atoms with E-state index in [4.69, 9.17) is 0 Å². The van der Waals surface area contributed by atoms with Gasteiger partial charge in [0.25, 0.3) is 0 Å². The Hall–Kier alpha value is -2.93. The molecule has 1 aromatic carbocycles. The highest BCUT2D eigenvalue weighted by Crippen LogP contribution is 2.10. The van der Waals surface area contributed by atoms with Crippen LogP contribution in [-0.2, 0) is 32.7 Å². The molecule has 0 aliphatic carbocycles. The van der Waals surface area contributed by atoms with Crippen molar-refractivity contribution < 1.29 is 4.90 Å². The van der Waals surface area contributed by atoms with Crippen LogP contribution in [0.2, 0.25) is 0 Å². The SMILES string of the molecule is C=CCn1c(=O)n(CC=C)c(=O)n(C[NH+]2CCc3ccccc3C2)c1=O. The lowest BCUT2D eigenvalue weighted by Gasteiger charge is -2.26. The molecule has 7 nitrogen and oxygen atoms in total. The van der Waals surface area contributed by atoms with Crippen LogP contribution in [0, 0.1) is 0 Å². The van der Waals surface area contributed by atoms with Gasteiger partial charge in [0.2, 0.25) is 0 Å². The molecule has 1 atom stereocenters. The van der Waals surface area contributed by atoms with Crippen molar-refractivity contribution in [3.05, 3.63) is 92.2 Å². The summed E-state index contributed by atoms with van der Waals surface area (Å²) >= 11 is 0. The van der Waals surface area contributed by atoms with Gasteiger partial charge in [-0.15, -0.1) is 13.2 Å². The second kappa shape index (κ2) is 7.53. The number of allylic oxidation sites excluding steroid dienone is 2. The molecule has 136 valence electrons. The Labute approximate surface area is 150 Å². The molecule has 26 heavy (non-hydrogen) atoms. The molecule has 0 radical (unpaired) electrons. The fraction of sp³-hybridized carbons (Fsp3) is 0.316. The van der Waals surface area contributed by atoms with E-state index in [1.165, 1.54) is 23.3 Å². The summed E-state index contributed by atoms with van der Waals surface area (Å²) in [5.74, 6) is 0. The van der Waals surface area contributed by atoms with Gasteiger partial charge in [0.05, 0.1) is 19.6 Å². The minimum absolute atomic E-state index is 0.0628. The van der Waals surface area contributed by atoms with Gasteiger partial charge in [-0.25, -0.2) is 23.5 Å². The molecule has 1 aliphatic rings. The Bertz CT molecular complexity index is 964. The Morgan fingerprint density at radius 2 is 1.42 bits per heavy atom. The van der Waals surface area contributed by atoms with Gasteiger partial charge in [-0.1, -0.05) is 36.4 Å². The fourth-order valence-electron chi connectivity index (χ4n) is 3.39. The van der Waals surface area contributed by atoms with Crippen molar-refractivity contribution in [1.29, 1.82) is 0 Å². The average Bonchev–Trinajstić information content (AvgIpc) is 2.66. The van der Waals surface area contributed by atoms with Crippen LogP contribution >= 0.6 is 0 Å². The number of fused-ring (bicyclic) bond motifs is 1. The second-order valence-electron chi connectivity index (χ2n) is 6.43. The Morgan fingerprint density at radius 3 is 2.00 bits per heavy atom. The summed E-state index contributed by atoms with van der Waals surface area (Å²) in [6.45, 7) is 9.08. The zero-order valence-electron chi connectivity index (χ0n) is 14.7. The van der Waals surface area contributed by atoms with Crippen molar-refractivity contribution in [1.82, 2.24) is 13.7 Å². The lowest BCUT2D eigenvalue weighted by atomic mass is 10.0. The maximum absolute atomic E-state index is 12.7. The molecule has 0 amide bonds. The maximum Gasteiger partial charge on any atom is 0.341 e. The molecule has 1 unspecified atom stereocenters. The van der Waals surface area contributed by atoms with Gasteiger partial charge in [0.1, 0.15) is 6.54 Å². The van der Waals surface area contributed by atoms with Gasteiger partial charge >= 0.3 is 17.1 Å². The van der Waals surface area contributed by atoms with Crippen molar-refractivity contribution in [3.63, 3.8) is 0 Å². The number of hydrogen-bond acceptors (Lipinski definition) is 3. The summed E-state index contributed by atoms with van der Waals surface area (Å²) in [6, 6.07) is 8.20. The summed E-state index contributed by atoms with van der Waals surface area (Å²) in [6.07, 6.45) is 3.84. The number of nitrogens with one attached hydrogen (secondary N) is 1. The third-order valence-corrected chi connectivity index (χ3v) is 4.70. The standard InChI is InChI=1S/C19H22N4O3/c1-3-10-21-17(24)22(11-4-2)19(26)23(18(21)25)14-20-12-9-15-7-5-6-8-16(15)13-20/h3-8H,1-2,9-14H2/p+1. The van der Waals surface area contributed by atoms with Crippen LogP contribution in [0.15, 0.2) is 64.0 Å². The molecular weight excluding hydrogens is 332 g/mol. The highest BCUT2D eigenvalue weighted by atomic mass is 16.2. The minimum Gasteiger partial charge on any atom is -0.313 e. The van der Waals surface area contributed by atoms with Gasteiger partial charge in [-0.3, -0.25) is 0 Å². The van der Waals surface area contributed by atoms with E-state index in [9.17, 15) is 14.4 Å². The van der Waals surface area contributed by atoms with E-state index in [1.54, 1.807) is 0 Å². The Morgan fingerprint density at radius 1 is 0.885 bits per heavy atom. The fourth-order valence-corrected chi connectivity index (χ4v) is 3.39. The van der Waals surface area contributed by atoms with Crippen LogP contribution in [0.5, 0.6) is 0 Å². The van der Waals surface area contributed by atoms with Gasteiger partial charge in [0.15, 0.2) is 6.67 Å². The van der Waals surface area contributed by atoms with Gasteiger partial charge in [0, 0.05) is 12.0 Å². The topological polar surface area (TPSA) is 70.4 Å². The third-order valence-electron chi connectivity index (χ3n) is 4.70. The normalized spacial score (nSPS) is 16.1. The first kappa shape index (κ1) is 17.9. The third kappa shape index (κ3) is 3.25. The molecule has 1 aliphatic heterocycles. The largest absolute Gasteiger partial charge is 0.341 e. The van der Waals surface area contributed by atoms with Gasteiger partial charge in [-0.2, -0.15) is 4.57 Å². The predicted molar refractivity (Wildman–Crippen MR) is 99.3 cm³/mol. The van der Waals surface area contributed by atoms with Crippen molar-refractivity contribution in [2.45, 2.75) is 32.7 Å². The van der Waals surface area contributed by atoms with Gasteiger partial charge < -0.3 is 4.90 Å². The molecule has 0 saturated heterocycles. The first-order valence-electron chi connectivity index (χ1n) is 8.63.